The molecule has 1 spiro atoms. The number of hydrogen-bond donors (Lipinski definition) is 1. The largest absolute Gasteiger partial charge is 0.349 e. The summed E-state index contributed by atoms with van der Waals surface area (Å²) in [5.41, 5.74) is 4.01. The average molecular weight is 402 g/mol. The van der Waals surface area contributed by atoms with Crippen LogP contribution < -0.4 is 5.32 Å². The summed E-state index contributed by atoms with van der Waals surface area (Å²) in [5.74, 6) is 0.212. The van der Waals surface area contributed by atoms with Crippen LogP contribution in [-0.2, 0) is 17.8 Å². The number of rotatable bonds is 6. The Balaban J connectivity index is 1.03. The predicted molar refractivity (Wildman–Crippen MR) is 114 cm³/mol. The molecule has 1 saturated carbocycles. The van der Waals surface area contributed by atoms with E-state index in [0.29, 0.717) is 18.5 Å². The van der Waals surface area contributed by atoms with E-state index >= 15 is 0 Å². The molecule has 0 unspecified atom stereocenters. The molecule has 2 fully saturated rings. The summed E-state index contributed by atoms with van der Waals surface area (Å²) < 4.78 is 0. The molecule has 2 heterocycles. The zero-order valence-electron chi connectivity index (χ0n) is 17.0. The van der Waals surface area contributed by atoms with Crippen molar-refractivity contribution in [1.82, 2.24) is 10.2 Å². The molecule has 1 N–H and O–H groups in total. The van der Waals surface area contributed by atoms with Gasteiger partial charge in [-0.3, -0.25) is 9.59 Å². The van der Waals surface area contributed by atoms with Gasteiger partial charge in [-0.05, 0) is 43.4 Å². The first kappa shape index (κ1) is 19.0. The van der Waals surface area contributed by atoms with Gasteiger partial charge in [0.05, 0.1) is 12.2 Å². The number of nitrogens with one attached hydrogen (secondary N) is 1. The Bertz CT molecular complexity index is 988. The monoisotopic (exact) mass is 402 g/mol. The van der Waals surface area contributed by atoms with Crippen molar-refractivity contribution in [2.45, 2.75) is 44.7 Å². The van der Waals surface area contributed by atoms with E-state index in [1.807, 2.05) is 41.3 Å². The molecule has 3 aliphatic rings. The van der Waals surface area contributed by atoms with Crippen molar-refractivity contribution in [2.75, 3.05) is 13.1 Å². The summed E-state index contributed by atoms with van der Waals surface area (Å²) in [6.45, 7) is 2.27. The standard InChI is InChI=1S/C24H26N4O2/c29-22(8-4-7-17-5-2-1-3-6-17)28-15-24(16-28)12-20(13-24)26-23(30)18-9-10-19-14-25-27-21(19)11-18/h1-3,5-6,9-11,20H,4,7-8,12-16H2,(H,26,30). The molecule has 6 heteroatoms. The maximum atomic E-state index is 12.5. The molecule has 2 amide bonds. The van der Waals surface area contributed by atoms with Crippen LogP contribution in [0.15, 0.2) is 58.8 Å². The molecule has 0 bridgehead atoms. The number of likely N-dealkylation sites (tertiary alicyclic amines) is 1. The van der Waals surface area contributed by atoms with Gasteiger partial charge in [0.1, 0.15) is 0 Å². The Hall–Kier alpha value is -3.02. The lowest BCUT2D eigenvalue weighted by Crippen LogP contribution is -2.67. The van der Waals surface area contributed by atoms with Gasteiger partial charge in [0, 0.05) is 42.1 Å². The first-order chi connectivity index (χ1) is 14.6. The minimum atomic E-state index is -0.0482. The van der Waals surface area contributed by atoms with Gasteiger partial charge in [0.25, 0.3) is 5.91 Å². The molecular formula is C24H26N4O2. The maximum Gasteiger partial charge on any atom is 0.251 e. The first-order valence-electron chi connectivity index (χ1n) is 10.7. The Morgan fingerprint density at radius 1 is 1.10 bits per heavy atom. The predicted octanol–water partition coefficient (Wildman–Crippen LogP) is 4.03. The normalized spacial score (nSPS) is 18.6. The molecule has 30 heavy (non-hydrogen) atoms. The quantitative estimate of drug-likeness (QED) is 0.792. The molecule has 1 saturated heterocycles. The molecule has 6 nitrogen and oxygen atoms in total. The average Bonchev–Trinajstić information content (AvgIpc) is 3.17. The van der Waals surface area contributed by atoms with Crippen molar-refractivity contribution in [1.29, 1.82) is 0 Å². The number of carbonyl (C=O) groups is 2. The molecule has 2 aliphatic heterocycles. The molecule has 2 aromatic rings. The summed E-state index contributed by atoms with van der Waals surface area (Å²) in [5, 5.41) is 11.2. The summed E-state index contributed by atoms with van der Waals surface area (Å²) >= 11 is 0. The number of benzene rings is 2. The summed E-state index contributed by atoms with van der Waals surface area (Å²) in [6, 6.07) is 16.1. The van der Waals surface area contributed by atoms with E-state index < -0.39 is 0 Å². The lowest BCUT2D eigenvalue weighted by atomic mass is 9.60. The fraction of sp³-hybridized carbons (Fsp3) is 0.417. The van der Waals surface area contributed by atoms with Gasteiger partial charge in [0.15, 0.2) is 0 Å². The van der Waals surface area contributed by atoms with Gasteiger partial charge < -0.3 is 10.2 Å². The first-order valence-corrected chi connectivity index (χ1v) is 10.7. The summed E-state index contributed by atoms with van der Waals surface area (Å²) in [4.78, 5) is 26.9. The van der Waals surface area contributed by atoms with Crippen LogP contribution in [0.25, 0.3) is 0 Å². The summed E-state index contributed by atoms with van der Waals surface area (Å²) in [6.07, 6.45) is 4.37. The van der Waals surface area contributed by atoms with Crippen molar-refractivity contribution in [2.24, 2.45) is 15.6 Å². The highest BCUT2D eigenvalue weighted by atomic mass is 16.2. The molecule has 154 valence electrons. The number of aryl methyl sites for hydroxylation is 1. The number of hydrogen-bond acceptors (Lipinski definition) is 4. The van der Waals surface area contributed by atoms with Gasteiger partial charge >= 0.3 is 0 Å². The molecule has 1 aliphatic carbocycles. The number of nitrogens with zero attached hydrogens (tertiary/aromatic N) is 3. The second kappa shape index (κ2) is 7.67. The van der Waals surface area contributed by atoms with Gasteiger partial charge in [0.2, 0.25) is 5.91 Å². The van der Waals surface area contributed by atoms with E-state index in [1.54, 1.807) is 0 Å². The number of carbonyl (C=O) groups excluding carboxylic acids is 2. The van der Waals surface area contributed by atoms with E-state index in [-0.39, 0.29) is 23.3 Å². The summed E-state index contributed by atoms with van der Waals surface area (Å²) in [7, 11) is 0. The SMILES string of the molecule is O=C(NC1CC2(C1)CN(C(=O)CCCc1ccccc1)C2)c1ccc2c(c1)N=NC2. The van der Waals surface area contributed by atoms with Crippen molar-refractivity contribution in [3.8, 4) is 0 Å². The third-order valence-electron chi connectivity index (χ3n) is 6.57. The van der Waals surface area contributed by atoms with Crippen LogP contribution in [-0.4, -0.2) is 35.8 Å². The molecule has 0 aromatic heterocycles. The molecule has 0 radical (unpaired) electrons. The van der Waals surface area contributed by atoms with Crippen molar-refractivity contribution in [3.63, 3.8) is 0 Å². The van der Waals surface area contributed by atoms with E-state index in [2.05, 4.69) is 27.7 Å². The fourth-order valence-electron chi connectivity index (χ4n) is 4.92. The third kappa shape index (κ3) is 3.74. The van der Waals surface area contributed by atoms with Crippen LogP contribution in [0.5, 0.6) is 0 Å². The van der Waals surface area contributed by atoms with E-state index in [9.17, 15) is 9.59 Å². The number of azo groups is 1. The molecule has 2 aromatic carbocycles. The highest BCUT2D eigenvalue weighted by molar-refractivity contribution is 5.95. The lowest BCUT2D eigenvalue weighted by Gasteiger charge is -2.59. The van der Waals surface area contributed by atoms with Crippen molar-refractivity contribution in [3.05, 3.63) is 65.2 Å². The van der Waals surface area contributed by atoms with Crippen LogP contribution >= 0.6 is 0 Å². The second-order valence-corrected chi connectivity index (χ2v) is 8.91. The van der Waals surface area contributed by atoms with Crippen molar-refractivity contribution >= 4 is 17.5 Å². The minimum Gasteiger partial charge on any atom is -0.349 e. The minimum absolute atomic E-state index is 0.0482. The lowest BCUT2D eigenvalue weighted by molar-refractivity contribution is -0.151. The molecule has 5 rings (SSSR count). The Kier molecular flexibility index (Phi) is 4.85. The van der Waals surface area contributed by atoms with Gasteiger partial charge in [-0.25, -0.2) is 0 Å². The molecule has 0 atom stereocenters. The zero-order valence-corrected chi connectivity index (χ0v) is 17.0. The fourth-order valence-corrected chi connectivity index (χ4v) is 4.92. The van der Waals surface area contributed by atoms with Gasteiger partial charge in [-0.15, -0.1) is 0 Å². The number of fused-ring (bicyclic) bond motifs is 1. The smallest absolute Gasteiger partial charge is 0.251 e. The van der Waals surface area contributed by atoms with Gasteiger partial charge in [-0.1, -0.05) is 36.4 Å². The maximum absolute atomic E-state index is 12.5. The van der Waals surface area contributed by atoms with Crippen LogP contribution in [0.2, 0.25) is 0 Å². The Morgan fingerprint density at radius 2 is 1.90 bits per heavy atom. The van der Waals surface area contributed by atoms with E-state index in [0.717, 1.165) is 50.0 Å². The topological polar surface area (TPSA) is 74.1 Å². The van der Waals surface area contributed by atoms with Crippen LogP contribution in [0, 0.1) is 5.41 Å². The Labute approximate surface area is 176 Å². The highest BCUT2D eigenvalue weighted by Crippen LogP contribution is 2.48. The zero-order chi connectivity index (χ0) is 20.6. The van der Waals surface area contributed by atoms with Crippen molar-refractivity contribution < 1.29 is 9.59 Å². The van der Waals surface area contributed by atoms with E-state index in [1.165, 1.54) is 5.56 Å². The Morgan fingerprint density at radius 3 is 2.70 bits per heavy atom. The van der Waals surface area contributed by atoms with Crippen LogP contribution in [0.3, 0.4) is 0 Å². The third-order valence-corrected chi connectivity index (χ3v) is 6.57. The van der Waals surface area contributed by atoms with Crippen LogP contribution in [0.1, 0.15) is 47.2 Å². The van der Waals surface area contributed by atoms with Gasteiger partial charge in [-0.2, -0.15) is 10.2 Å². The van der Waals surface area contributed by atoms with E-state index in [4.69, 9.17) is 0 Å². The highest BCUT2D eigenvalue weighted by Gasteiger charge is 2.53. The molecular weight excluding hydrogens is 376 g/mol. The number of amides is 2. The van der Waals surface area contributed by atoms with Crippen LogP contribution in [0.4, 0.5) is 5.69 Å². The second-order valence-electron chi connectivity index (χ2n) is 8.91.